The normalized spacial score (nSPS) is 12.5. The molecule has 0 saturated heterocycles. The Labute approximate surface area is 197 Å². The Kier molecular flexibility index (Phi) is 6.95. The number of aliphatic carboxylic acids is 1. The van der Waals surface area contributed by atoms with Crippen LogP contribution in [0.2, 0.25) is 0 Å². The van der Waals surface area contributed by atoms with E-state index < -0.39 is 22.1 Å². The second-order valence-corrected chi connectivity index (χ2v) is 10.3. The van der Waals surface area contributed by atoms with Crippen LogP contribution in [-0.2, 0) is 21.3 Å². The van der Waals surface area contributed by atoms with Crippen LogP contribution in [0.25, 0.3) is 10.8 Å². The summed E-state index contributed by atoms with van der Waals surface area (Å²) in [4.78, 5) is 13.0. The molecule has 3 rings (SSSR count). The molecule has 0 bridgehead atoms. The van der Waals surface area contributed by atoms with Gasteiger partial charge in [0.2, 0.25) is 0 Å². The molecule has 7 nitrogen and oxygen atoms in total. The topological polar surface area (TPSA) is 110 Å². The zero-order valence-electron chi connectivity index (χ0n) is 16.7. The summed E-state index contributed by atoms with van der Waals surface area (Å²) in [5.41, 5.74) is 7.09. The molecular formula is C21H20Br2N2O5S. The van der Waals surface area contributed by atoms with Crippen LogP contribution in [-0.4, -0.2) is 39.6 Å². The number of carboxylic acids is 1. The van der Waals surface area contributed by atoms with Crippen molar-refractivity contribution in [2.24, 2.45) is 5.73 Å². The van der Waals surface area contributed by atoms with E-state index in [1.165, 1.54) is 6.07 Å². The van der Waals surface area contributed by atoms with Crippen LogP contribution in [0.15, 0.2) is 62.4 Å². The van der Waals surface area contributed by atoms with Gasteiger partial charge in [0.1, 0.15) is 10.9 Å². The average molecular weight is 572 g/mol. The lowest BCUT2D eigenvalue weighted by Crippen LogP contribution is -2.32. The molecular weight excluding hydrogens is 552 g/mol. The molecule has 1 unspecified atom stereocenters. The van der Waals surface area contributed by atoms with Crippen molar-refractivity contribution in [2.45, 2.75) is 17.4 Å². The summed E-state index contributed by atoms with van der Waals surface area (Å²) in [6.07, 6.45) is 0.0796. The molecule has 10 heteroatoms. The monoisotopic (exact) mass is 570 g/mol. The van der Waals surface area contributed by atoms with Gasteiger partial charge in [-0.1, -0.05) is 24.3 Å². The Morgan fingerprint density at radius 3 is 2.26 bits per heavy atom. The molecule has 0 radical (unpaired) electrons. The van der Waals surface area contributed by atoms with E-state index in [1.54, 1.807) is 30.3 Å². The van der Waals surface area contributed by atoms with Crippen LogP contribution in [0.3, 0.4) is 0 Å². The van der Waals surface area contributed by atoms with Gasteiger partial charge < -0.3 is 19.9 Å². The van der Waals surface area contributed by atoms with Crippen LogP contribution in [0.5, 0.6) is 5.75 Å². The number of nitrogens with zero attached hydrogens (tertiary/aromatic N) is 1. The lowest BCUT2D eigenvalue weighted by Gasteiger charge is -2.17. The fraction of sp³-hybridized carbons (Fsp3) is 0.190. The van der Waals surface area contributed by atoms with E-state index in [4.69, 9.17) is 15.0 Å². The lowest BCUT2D eigenvalue weighted by molar-refractivity contribution is -0.138. The van der Waals surface area contributed by atoms with Crippen molar-refractivity contribution in [2.75, 3.05) is 19.0 Å². The molecule has 0 aliphatic carbocycles. The Morgan fingerprint density at radius 2 is 1.68 bits per heavy atom. The quantitative estimate of drug-likeness (QED) is 0.410. The van der Waals surface area contributed by atoms with Crippen LogP contribution in [0.4, 0.5) is 5.69 Å². The first kappa shape index (κ1) is 23.5. The molecule has 0 saturated carbocycles. The van der Waals surface area contributed by atoms with Gasteiger partial charge in [-0.05, 0) is 68.1 Å². The van der Waals surface area contributed by atoms with Crippen molar-refractivity contribution in [3.8, 4) is 5.75 Å². The number of rotatable bonds is 7. The largest absolute Gasteiger partial charge is 0.480 e. The first-order valence-electron chi connectivity index (χ1n) is 9.11. The van der Waals surface area contributed by atoms with Crippen molar-refractivity contribution in [3.05, 3.63) is 63.0 Å². The van der Waals surface area contributed by atoms with E-state index in [9.17, 15) is 13.2 Å². The Morgan fingerprint density at radius 1 is 1.10 bits per heavy atom. The Hall–Kier alpha value is -2.14. The molecule has 0 aliphatic rings. The maximum atomic E-state index is 13.2. The number of hydrogen-bond donors (Lipinski definition) is 2. The third-order valence-corrected chi connectivity index (χ3v) is 7.09. The van der Waals surface area contributed by atoms with E-state index in [-0.39, 0.29) is 17.1 Å². The summed E-state index contributed by atoms with van der Waals surface area (Å²) < 4.78 is 32.5. The van der Waals surface area contributed by atoms with Crippen molar-refractivity contribution in [1.82, 2.24) is 0 Å². The third kappa shape index (κ3) is 5.03. The molecule has 0 spiro atoms. The molecule has 0 amide bonds. The molecule has 0 aliphatic heterocycles. The molecule has 3 aromatic rings. The molecule has 31 heavy (non-hydrogen) atoms. The molecule has 3 aromatic carbocycles. The van der Waals surface area contributed by atoms with E-state index in [0.29, 0.717) is 19.9 Å². The number of halogens is 2. The predicted octanol–water partition coefficient (Wildman–Crippen LogP) is 4.15. The number of fused-ring (bicyclic) bond motifs is 1. The minimum atomic E-state index is -4.17. The van der Waals surface area contributed by atoms with Gasteiger partial charge in [0.15, 0.2) is 5.75 Å². The summed E-state index contributed by atoms with van der Waals surface area (Å²) in [5.74, 6) is -1.06. The number of anilines is 1. The Bertz CT molecular complexity index is 1240. The summed E-state index contributed by atoms with van der Waals surface area (Å²) in [6, 6.07) is 12.6. The SMILES string of the molecule is CN(C)c1cccc2c(S(=O)(=O)Oc3c(Br)cc(CC(N)C(=O)O)cc3Br)cccc12. The number of benzene rings is 3. The maximum absolute atomic E-state index is 13.2. The van der Waals surface area contributed by atoms with Crippen LogP contribution in [0, 0.1) is 0 Å². The van der Waals surface area contributed by atoms with Crippen molar-refractivity contribution < 1.29 is 22.5 Å². The standard InChI is InChI=1S/C21H20Br2N2O5S/c1-25(2)18-7-3-6-14-13(18)5-4-8-19(14)31(28,29)30-20-15(22)9-12(10-16(20)23)11-17(24)21(26)27/h3-10,17H,11,24H2,1-2H3,(H,26,27). The minimum Gasteiger partial charge on any atom is -0.480 e. The fourth-order valence-electron chi connectivity index (χ4n) is 3.18. The molecule has 0 fully saturated rings. The highest BCUT2D eigenvalue weighted by molar-refractivity contribution is 9.11. The number of hydrogen-bond acceptors (Lipinski definition) is 6. The van der Waals surface area contributed by atoms with Crippen molar-refractivity contribution >= 4 is 64.4 Å². The van der Waals surface area contributed by atoms with Gasteiger partial charge >= 0.3 is 16.1 Å². The summed E-state index contributed by atoms with van der Waals surface area (Å²) in [5, 5.41) is 10.3. The molecule has 0 heterocycles. The summed E-state index contributed by atoms with van der Waals surface area (Å²) in [7, 11) is -0.399. The number of nitrogens with two attached hydrogens (primary N) is 1. The predicted molar refractivity (Wildman–Crippen MR) is 127 cm³/mol. The first-order chi connectivity index (χ1) is 14.5. The highest BCUT2D eigenvalue weighted by atomic mass is 79.9. The maximum Gasteiger partial charge on any atom is 0.339 e. The van der Waals surface area contributed by atoms with Crippen LogP contribution < -0.4 is 14.8 Å². The van der Waals surface area contributed by atoms with Gasteiger partial charge in [0, 0.05) is 30.6 Å². The van der Waals surface area contributed by atoms with Gasteiger partial charge in [-0.2, -0.15) is 8.42 Å². The highest BCUT2D eigenvalue weighted by Gasteiger charge is 2.24. The molecule has 164 valence electrons. The van der Waals surface area contributed by atoms with Crippen molar-refractivity contribution in [1.29, 1.82) is 0 Å². The van der Waals surface area contributed by atoms with Gasteiger partial charge in [0.25, 0.3) is 0 Å². The smallest absolute Gasteiger partial charge is 0.339 e. The molecule has 3 N–H and O–H groups in total. The summed E-state index contributed by atoms with van der Waals surface area (Å²) >= 11 is 6.63. The van der Waals surface area contributed by atoms with Gasteiger partial charge in [-0.3, -0.25) is 4.79 Å². The summed E-state index contributed by atoms with van der Waals surface area (Å²) in [6.45, 7) is 0. The van der Waals surface area contributed by atoms with Gasteiger partial charge in [0.05, 0.1) is 8.95 Å². The van der Waals surface area contributed by atoms with Gasteiger partial charge in [-0.25, -0.2) is 0 Å². The third-order valence-electron chi connectivity index (χ3n) is 4.63. The number of carboxylic acid groups (broad SMARTS) is 1. The second kappa shape index (κ2) is 9.15. The molecule has 0 aromatic heterocycles. The Balaban J connectivity index is 2.02. The molecule has 1 atom stereocenters. The zero-order valence-corrected chi connectivity index (χ0v) is 20.7. The second-order valence-electron chi connectivity index (χ2n) is 7.10. The lowest BCUT2D eigenvalue weighted by atomic mass is 10.1. The minimum absolute atomic E-state index is 0.0458. The van der Waals surface area contributed by atoms with Crippen LogP contribution in [0.1, 0.15) is 5.56 Å². The zero-order chi connectivity index (χ0) is 22.9. The van der Waals surface area contributed by atoms with Gasteiger partial charge in [-0.15, -0.1) is 0 Å². The van der Waals surface area contributed by atoms with E-state index >= 15 is 0 Å². The average Bonchev–Trinajstić information content (AvgIpc) is 2.69. The number of carbonyl (C=O) groups is 1. The van der Waals surface area contributed by atoms with E-state index in [2.05, 4.69) is 31.9 Å². The first-order valence-corrected chi connectivity index (χ1v) is 12.1. The fourth-order valence-corrected chi connectivity index (χ4v) is 6.02. The van der Waals surface area contributed by atoms with E-state index in [1.807, 2.05) is 31.1 Å². The van der Waals surface area contributed by atoms with E-state index in [0.717, 1.165) is 11.1 Å². The van der Waals surface area contributed by atoms with Crippen LogP contribution >= 0.6 is 31.9 Å². The van der Waals surface area contributed by atoms with Crippen molar-refractivity contribution in [3.63, 3.8) is 0 Å². The highest BCUT2D eigenvalue weighted by Crippen LogP contribution is 2.38.